The molecule has 3 aliphatic heterocycles. The molecule has 1 aromatic heterocycles. The zero-order valence-corrected chi connectivity index (χ0v) is 14.7. The molecule has 24 heavy (non-hydrogen) atoms. The minimum absolute atomic E-state index is 0.129. The first-order valence-corrected chi connectivity index (χ1v) is 9.04. The molecule has 3 aliphatic rings. The molecule has 0 spiro atoms. The Morgan fingerprint density at radius 3 is 2.71 bits per heavy atom. The molecule has 0 radical (unpaired) electrons. The van der Waals surface area contributed by atoms with Gasteiger partial charge in [0.05, 0.1) is 25.3 Å². The standard InChI is InChI=1S/C18H26N4O2/c1-4-5-16(23)15-9-17-20(3)12(2)8-18(22(17)19-15)21-13-6-7-14(21)11-24-10-13/h8-9,12-14H,4-7,10-11H2,1-3H3. The molecular weight excluding hydrogens is 304 g/mol. The lowest BCUT2D eigenvalue weighted by Crippen LogP contribution is -2.48. The van der Waals surface area contributed by atoms with E-state index in [1.54, 1.807) is 0 Å². The smallest absolute Gasteiger partial charge is 0.183 e. The van der Waals surface area contributed by atoms with E-state index >= 15 is 0 Å². The fourth-order valence-electron chi connectivity index (χ4n) is 4.09. The van der Waals surface area contributed by atoms with Crippen molar-refractivity contribution in [2.45, 2.75) is 57.7 Å². The van der Waals surface area contributed by atoms with Crippen LogP contribution in [0.4, 0.5) is 5.82 Å². The average molecular weight is 330 g/mol. The summed E-state index contributed by atoms with van der Waals surface area (Å²) in [5.74, 6) is 2.26. The van der Waals surface area contributed by atoms with E-state index in [1.807, 2.05) is 17.7 Å². The lowest BCUT2D eigenvalue weighted by Gasteiger charge is -2.41. The van der Waals surface area contributed by atoms with E-state index in [9.17, 15) is 4.79 Å². The van der Waals surface area contributed by atoms with Crippen LogP contribution in [0.1, 0.15) is 50.0 Å². The summed E-state index contributed by atoms with van der Waals surface area (Å²) < 4.78 is 7.70. The molecule has 4 rings (SSSR count). The molecule has 0 N–H and O–H groups in total. The molecule has 130 valence electrons. The Bertz CT molecular complexity index is 665. The maximum Gasteiger partial charge on any atom is 0.183 e. The van der Waals surface area contributed by atoms with Crippen LogP contribution >= 0.6 is 0 Å². The molecule has 1 aromatic rings. The highest BCUT2D eigenvalue weighted by Crippen LogP contribution is 2.38. The number of morpholine rings is 1. The van der Waals surface area contributed by atoms with Gasteiger partial charge in [-0.3, -0.25) is 4.79 Å². The number of hydrogen-bond donors (Lipinski definition) is 0. The highest BCUT2D eigenvalue weighted by atomic mass is 16.5. The normalized spacial score (nSPS) is 28.8. The van der Waals surface area contributed by atoms with E-state index in [0.717, 1.165) is 31.3 Å². The number of rotatable bonds is 4. The number of Topliss-reactive ketones (excluding diaryl/α,β-unsaturated/α-hetero) is 1. The van der Waals surface area contributed by atoms with Gasteiger partial charge in [0.15, 0.2) is 5.78 Å². The number of carbonyl (C=O) groups excluding carboxylic acids is 1. The third-order valence-electron chi connectivity index (χ3n) is 5.54. The molecule has 2 fully saturated rings. The van der Waals surface area contributed by atoms with Gasteiger partial charge >= 0.3 is 0 Å². The summed E-state index contributed by atoms with van der Waals surface area (Å²) in [5, 5.41) is 4.68. The molecule has 3 atom stereocenters. The summed E-state index contributed by atoms with van der Waals surface area (Å²) in [5.41, 5.74) is 0.583. The number of hydrogen-bond acceptors (Lipinski definition) is 5. The third kappa shape index (κ3) is 2.35. The van der Waals surface area contributed by atoms with E-state index in [1.165, 1.54) is 12.8 Å². The molecule has 0 saturated carbocycles. The maximum atomic E-state index is 12.3. The van der Waals surface area contributed by atoms with E-state index < -0.39 is 0 Å². The Kier molecular flexibility index (Phi) is 3.87. The quantitative estimate of drug-likeness (QED) is 0.793. The van der Waals surface area contributed by atoms with Crippen LogP contribution in [0, 0.1) is 0 Å². The van der Waals surface area contributed by atoms with Gasteiger partial charge in [0.1, 0.15) is 17.3 Å². The predicted octanol–water partition coefficient (Wildman–Crippen LogP) is 2.37. The van der Waals surface area contributed by atoms with Crippen molar-refractivity contribution in [3.63, 3.8) is 0 Å². The van der Waals surface area contributed by atoms with Crippen LogP contribution in [0.15, 0.2) is 12.1 Å². The van der Waals surface area contributed by atoms with Gasteiger partial charge in [-0.1, -0.05) is 6.92 Å². The fraction of sp³-hybridized carbons (Fsp3) is 0.667. The first kappa shape index (κ1) is 15.7. The first-order chi connectivity index (χ1) is 11.6. The third-order valence-corrected chi connectivity index (χ3v) is 5.54. The van der Waals surface area contributed by atoms with Gasteiger partial charge in [-0.15, -0.1) is 0 Å². The van der Waals surface area contributed by atoms with Crippen LogP contribution in [-0.4, -0.2) is 58.9 Å². The second kappa shape index (κ2) is 5.92. The Morgan fingerprint density at radius 1 is 1.33 bits per heavy atom. The van der Waals surface area contributed by atoms with Gasteiger partial charge in [0.2, 0.25) is 0 Å². The molecule has 6 nitrogen and oxygen atoms in total. The van der Waals surface area contributed by atoms with Crippen molar-refractivity contribution in [1.82, 2.24) is 14.7 Å². The Morgan fingerprint density at radius 2 is 2.04 bits per heavy atom. The molecule has 3 unspecified atom stereocenters. The molecule has 0 aliphatic carbocycles. The number of fused-ring (bicyclic) bond motifs is 3. The highest BCUT2D eigenvalue weighted by Gasteiger charge is 2.41. The fourth-order valence-corrected chi connectivity index (χ4v) is 4.09. The monoisotopic (exact) mass is 330 g/mol. The van der Waals surface area contributed by atoms with E-state index in [4.69, 9.17) is 4.74 Å². The number of likely N-dealkylation sites (N-methyl/N-ethyl adjacent to an activating group) is 1. The van der Waals surface area contributed by atoms with Crippen molar-refractivity contribution < 1.29 is 9.53 Å². The van der Waals surface area contributed by atoms with Crippen LogP contribution in [0.3, 0.4) is 0 Å². The Labute approximate surface area is 143 Å². The zero-order chi connectivity index (χ0) is 16.8. The van der Waals surface area contributed by atoms with Crippen LogP contribution in [0.2, 0.25) is 0 Å². The van der Waals surface area contributed by atoms with Crippen molar-refractivity contribution >= 4 is 17.4 Å². The van der Waals surface area contributed by atoms with Crippen LogP contribution < -0.4 is 4.90 Å². The summed E-state index contributed by atoms with van der Waals surface area (Å²) >= 11 is 0. The van der Waals surface area contributed by atoms with Crippen molar-refractivity contribution in [1.29, 1.82) is 0 Å². The van der Waals surface area contributed by atoms with Crippen LogP contribution in [0.25, 0.3) is 5.82 Å². The zero-order valence-electron chi connectivity index (χ0n) is 14.7. The van der Waals surface area contributed by atoms with Crippen LogP contribution in [0.5, 0.6) is 0 Å². The summed E-state index contributed by atoms with van der Waals surface area (Å²) in [6.45, 7) is 5.79. The van der Waals surface area contributed by atoms with Crippen LogP contribution in [-0.2, 0) is 4.74 Å². The number of ether oxygens (including phenoxy) is 1. The Balaban J connectivity index is 1.74. The van der Waals surface area contributed by atoms with Gasteiger partial charge in [-0.2, -0.15) is 5.10 Å². The van der Waals surface area contributed by atoms with Gasteiger partial charge in [0.25, 0.3) is 0 Å². The summed E-state index contributed by atoms with van der Waals surface area (Å²) in [4.78, 5) is 17.0. The van der Waals surface area contributed by atoms with Gasteiger partial charge < -0.3 is 14.5 Å². The lowest BCUT2D eigenvalue weighted by atomic mass is 10.1. The number of aromatic nitrogens is 2. The van der Waals surface area contributed by atoms with E-state index in [-0.39, 0.29) is 11.8 Å². The largest absolute Gasteiger partial charge is 0.377 e. The number of carbonyl (C=O) groups is 1. The number of anilines is 1. The second-order valence-electron chi connectivity index (χ2n) is 7.18. The minimum Gasteiger partial charge on any atom is -0.377 e. The molecule has 0 aromatic carbocycles. The average Bonchev–Trinajstić information content (AvgIpc) is 3.11. The van der Waals surface area contributed by atoms with Gasteiger partial charge in [-0.05, 0) is 32.3 Å². The summed E-state index contributed by atoms with van der Waals surface area (Å²) in [6.07, 6.45) is 6.01. The van der Waals surface area contributed by atoms with Crippen molar-refractivity contribution in [3.05, 3.63) is 17.8 Å². The molecule has 2 bridgehead atoms. The predicted molar refractivity (Wildman–Crippen MR) is 93.1 cm³/mol. The van der Waals surface area contributed by atoms with Crippen molar-refractivity contribution in [2.75, 3.05) is 25.2 Å². The van der Waals surface area contributed by atoms with Crippen molar-refractivity contribution in [3.8, 4) is 0 Å². The van der Waals surface area contributed by atoms with Gasteiger partial charge in [-0.25, -0.2) is 4.68 Å². The summed E-state index contributed by atoms with van der Waals surface area (Å²) in [7, 11) is 2.06. The van der Waals surface area contributed by atoms with E-state index in [2.05, 4.69) is 34.9 Å². The van der Waals surface area contributed by atoms with Gasteiger partial charge in [0, 0.05) is 25.6 Å². The molecule has 0 amide bonds. The topological polar surface area (TPSA) is 50.6 Å². The lowest BCUT2D eigenvalue weighted by molar-refractivity contribution is 0.0121. The molecule has 2 saturated heterocycles. The number of nitrogens with zero attached hydrogens (tertiary/aromatic N) is 4. The molecule has 6 heteroatoms. The van der Waals surface area contributed by atoms with Crippen molar-refractivity contribution in [2.24, 2.45) is 0 Å². The Hall–Kier alpha value is -1.82. The molecule has 4 heterocycles. The number of ketones is 1. The SMILES string of the molecule is CCCC(=O)c1cc2n(n1)C(N1C3CCC1COC3)=CC(C)N2C. The maximum absolute atomic E-state index is 12.3. The summed E-state index contributed by atoms with van der Waals surface area (Å²) in [6, 6.07) is 3.08. The van der Waals surface area contributed by atoms with E-state index in [0.29, 0.717) is 24.2 Å². The first-order valence-electron chi connectivity index (χ1n) is 9.04. The minimum atomic E-state index is 0.129. The second-order valence-corrected chi connectivity index (χ2v) is 7.18. The molecular formula is C18H26N4O2. The highest BCUT2D eigenvalue weighted by molar-refractivity contribution is 5.95.